The van der Waals surface area contributed by atoms with Gasteiger partial charge in [0.05, 0.1) is 27.5 Å². The van der Waals surface area contributed by atoms with E-state index in [1.165, 1.54) is 0 Å². The highest BCUT2D eigenvalue weighted by atomic mass is 35.5. The first-order valence-corrected chi connectivity index (χ1v) is 7.55. The topological polar surface area (TPSA) is 29.9 Å². The van der Waals surface area contributed by atoms with Crippen LogP contribution in [0.3, 0.4) is 0 Å². The fourth-order valence-electron chi connectivity index (χ4n) is 2.32. The minimum atomic E-state index is 0.0533. The molecule has 20 heavy (non-hydrogen) atoms. The van der Waals surface area contributed by atoms with Crippen LogP contribution < -0.4 is 5.32 Å². The molecule has 0 spiro atoms. The third-order valence-electron chi connectivity index (χ3n) is 3.38. The highest BCUT2D eigenvalue weighted by molar-refractivity contribution is 6.42. The molecule has 108 valence electrons. The van der Waals surface area contributed by atoms with Gasteiger partial charge in [0.1, 0.15) is 0 Å². The van der Waals surface area contributed by atoms with E-state index in [9.17, 15) is 0 Å². The van der Waals surface area contributed by atoms with Crippen LogP contribution in [0.4, 0.5) is 0 Å². The minimum absolute atomic E-state index is 0.0533. The Balaban J connectivity index is 2.45. The summed E-state index contributed by atoms with van der Waals surface area (Å²) in [4.78, 5) is 0. The Bertz CT molecular complexity index is 593. The van der Waals surface area contributed by atoms with Crippen LogP contribution in [0.2, 0.25) is 10.0 Å². The van der Waals surface area contributed by atoms with Crippen molar-refractivity contribution in [2.75, 3.05) is 7.05 Å². The van der Waals surface area contributed by atoms with Gasteiger partial charge >= 0.3 is 0 Å². The molecule has 1 atom stereocenters. The summed E-state index contributed by atoms with van der Waals surface area (Å²) in [6.45, 7) is 5.05. The fraction of sp³-hybridized carbons (Fsp3) is 0.400. The first-order chi connectivity index (χ1) is 9.60. The van der Waals surface area contributed by atoms with Gasteiger partial charge in [-0.2, -0.15) is 5.10 Å². The molecule has 0 saturated heterocycles. The average molecular weight is 312 g/mol. The molecular formula is C15H19Cl2N3. The zero-order chi connectivity index (χ0) is 14.7. The maximum Gasteiger partial charge on any atom is 0.0746 e. The van der Waals surface area contributed by atoms with E-state index in [1.807, 2.05) is 29.9 Å². The lowest BCUT2D eigenvalue weighted by molar-refractivity contribution is 0.560. The molecule has 5 heteroatoms. The van der Waals surface area contributed by atoms with Crippen LogP contribution in [-0.2, 0) is 13.0 Å². The van der Waals surface area contributed by atoms with Crippen LogP contribution in [-0.4, -0.2) is 16.8 Å². The average Bonchev–Trinajstić information content (AvgIpc) is 2.87. The van der Waals surface area contributed by atoms with Crippen LogP contribution >= 0.6 is 23.2 Å². The summed E-state index contributed by atoms with van der Waals surface area (Å²) in [5.41, 5.74) is 3.33. The normalized spacial score (nSPS) is 12.7. The number of aromatic nitrogens is 2. The standard InChI is InChI=1S/C15H19Cl2N3/c1-4-11-9-14(20(5-2)19-11)15(18-3)10-6-7-12(16)13(17)8-10/h6-9,15,18H,4-5H2,1-3H3. The Morgan fingerprint density at radius 2 is 1.95 bits per heavy atom. The van der Waals surface area contributed by atoms with Crippen molar-refractivity contribution in [2.45, 2.75) is 32.9 Å². The van der Waals surface area contributed by atoms with E-state index in [1.54, 1.807) is 0 Å². The quantitative estimate of drug-likeness (QED) is 0.901. The molecule has 0 fully saturated rings. The molecule has 0 aliphatic carbocycles. The predicted molar refractivity (Wildman–Crippen MR) is 84.6 cm³/mol. The molecule has 1 aromatic carbocycles. The number of aryl methyl sites for hydroxylation is 2. The Morgan fingerprint density at radius 1 is 1.20 bits per heavy atom. The van der Waals surface area contributed by atoms with E-state index in [0.29, 0.717) is 10.0 Å². The van der Waals surface area contributed by atoms with Gasteiger partial charge in [0.15, 0.2) is 0 Å². The second-order valence-corrected chi connectivity index (χ2v) is 5.44. The van der Waals surface area contributed by atoms with Gasteiger partial charge < -0.3 is 5.32 Å². The number of hydrogen-bond acceptors (Lipinski definition) is 2. The van der Waals surface area contributed by atoms with Crippen molar-refractivity contribution in [1.29, 1.82) is 0 Å². The lowest BCUT2D eigenvalue weighted by atomic mass is 10.0. The Labute approximate surface area is 129 Å². The molecule has 1 N–H and O–H groups in total. The van der Waals surface area contributed by atoms with Crippen LogP contribution in [0.15, 0.2) is 24.3 Å². The molecule has 0 aliphatic heterocycles. The van der Waals surface area contributed by atoms with Gasteiger partial charge in [0.25, 0.3) is 0 Å². The summed E-state index contributed by atoms with van der Waals surface area (Å²) in [5, 5.41) is 9.07. The second-order valence-electron chi connectivity index (χ2n) is 4.63. The number of nitrogens with one attached hydrogen (secondary N) is 1. The fourth-order valence-corrected chi connectivity index (χ4v) is 2.63. The smallest absolute Gasteiger partial charge is 0.0746 e. The Kier molecular flexibility index (Phi) is 5.08. The molecule has 3 nitrogen and oxygen atoms in total. The molecule has 0 amide bonds. The van der Waals surface area contributed by atoms with Gasteiger partial charge in [-0.05, 0) is 44.2 Å². The lowest BCUT2D eigenvalue weighted by Crippen LogP contribution is -2.21. The third kappa shape index (κ3) is 3.00. The number of rotatable bonds is 5. The summed E-state index contributed by atoms with van der Waals surface area (Å²) in [6, 6.07) is 7.93. The predicted octanol–water partition coefficient (Wildman–Crippen LogP) is 4.08. The first-order valence-electron chi connectivity index (χ1n) is 6.79. The molecule has 2 aromatic rings. The van der Waals surface area contributed by atoms with E-state index in [-0.39, 0.29) is 6.04 Å². The van der Waals surface area contributed by atoms with Crippen molar-refractivity contribution < 1.29 is 0 Å². The molecule has 0 radical (unpaired) electrons. The highest BCUT2D eigenvalue weighted by Crippen LogP contribution is 2.29. The van der Waals surface area contributed by atoms with Gasteiger partial charge in [-0.25, -0.2) is 0 Å². The maximum atomic E-state index is 6.13. The minimum Gasteiger partial charge on any atom is -0.308 e. The zero-order valence-corrected chi connectivity index (χ0v) is 13.5. The molecule has 0 aliphatic rings. The summed E-state index contributed by atoms with van der Waals surface area (Å²) in [7, 11) is 1.94. The Morgan fingerprint density at radius 3 is 2.50 bits per heavy atom. The molecular weight excluding hydrogens is 293 g/mol. The van der Waals surface area contributed by atoms with Crippen molar-refractivity contribution in [2.24, 2.45) is 0 Å². The monoisotopic (exact) mass is 311 g/mol. The van der Waals surface area contributed by atoms with E-state index in [4.69, 9.17) is 23.2 Å². The highest BCUT2D eigenvalue weighted by Gasteiger charge is 2.18. The molecule has 1 aromatic heterocycles. The van der Waals surface area contributed by atoms with Gasteiger partial charge in [0.2, 0.25) is 0 Å². The number of hydrogen-bond donors (Lipinski definition) is 1. The Hall–Kier alpha value is -1.03. The summed E-state index contributed by atoms with van der Waals surface area (Å²) in [5.74, 6) is 0. The SMILES string of the molecule is CCc1cc(C(NC)c2ccc(Cl)c(Cl)c2)n(CC)n1. The van der Waals surface area contributed by atoms with Gasteiger partial charge in [-0.3, -0.25) is 4.68 Å². The van der Waals surface area contributed by atoms with E-state index in [2.05, 4.69) is 30.3 Å². The van der Waals surface area contributed by atoms with E-state index >= 15 is 0 Å². The van der Waals surface area contributed by atoms with Crippen molar-refractivity contribution in [3.05, 3.63) is 51.3 Å². The van der Waals surface area contributed by atoms with E-state index in [0.717, 1.165) is 29.9 Å². The van der Waals surface area contributed by atoms with Crippen molar-refractivity contribution in [3.8, 4) is 0 Å². The van der Waals surface area contributed by atoms with Gasteiger partial charge in [0, 0.05) is 6.54 Å². The lowest BCUT2D eigenvalue weighted by Gasteiger charge is -2.18. The van der Waals surface area contributed by atoms with Crippen molar-refractivity contribution >= 4 is 23.2 Å². The molecule has 2 rings (SSSR count). The van der Waals surface area contributed by atoms with Crippen molar-refractivity contribution in [1.82, 2.24) is 15.1 Å². The molecule has 1 heterocycles. The summed E-state index contributed by atoms with van der Waals surface area (Å²) in [6.07, 6.45) is 0.928. The molecule has 0 bridgehead atoms. The van der Waals surface area contributed by atoms with E-state index < -0.39 is 0 Å². The number of halogens is 2. The van der Waals surface area contributed by atoms with Crippen molar-refractivity contribution in [3.63, 3.8) is 0 Å². The molecule has 1 unspecified atom stereocenters. The third-order valence-corrected chi connectivity index (χ3v) is 4.12. The molecule has 0 saturated carbocycles. The van der Waals surface area contributed by atoms with Gasteiger partial charge in [-0.15, -0.1) is 0 Å². The second kappa shape index (κ2) is 6.61. The number of nitrogens with zero attached hydrogens (tertiary/aromatic N) is 2. The van der Waals surface area contributed by atoms with Crippen LogP contribution in [0.1, 0.15) is 36.8 Å². The van der Waals surface area contributed by atoms with Crippen LogP contribution in [0.5, 0.6) is 0 Å². The summed E-state index contributed by atoms with van der Waals surface area (Å²) >= 11 is 12.1. The summed E-state index contributed by atoms with van der Waals surface area (Å²) < 4.78 is 2.03. The zero-order valence-electron chi connectivity index (χ0n) is 12.0. The maximum absolute atomic E-state index is 6.13. The first kappa shape index (κ1) is 15.4. The van der Waals surface area contributed by atoms with Gasteiger partial charge in [-0.1, -0.05) is 36.2 Å². The van der Waals surface area contributed by atoms with Crippen LogP contribution in [0, 0.1) is 0 Å². The number of benzene rings is 1. The largest absolute Gasteiger partial charge is 0.308 e. The van der Waals surface area contributed by atoms with Crippen LogP contribution in [0.25, 0.3) is 0 Å².